The first kappa shape index (κ1) is 13.4. The van der Waals surface area contributed by atoms with Gasteiger partial charge in [0.05, 0.1) is 0 Å². The molecule has 16 heavy (non-hydrogen) atoms. The number of nitrogens with one attached hydrogen (secondary N) is 1. The highest BCUT2D eigenvalue weighted by atomic mass is 35.5. The van der Waals surface area contributed by atoms with Crippen LogP contribution in [0.4, 0.5) is 0 Å². The normalized spacial score (nSPS) is 23.1. The highest BCUT2D eigenvalue weighted by Gasteiger charge is 2.27. The largest absolute Gasteiger partial charge is 0.348 e. The Balaban J connectivity index is 0.00000128. The van der Waals surface area contributed by atoms with Crippen LogP contribution in [0.1, 0.15) is 35.3 Å². The van der Waals surface area contributed by atoms with Gasteiger partial charge in [0.15, 0.2) is 0 Å². The zero-order valence-electron chi connectivity index (χ0n) is 9.10. The molecule has 0 unspecified atom stereocenters. The predicted molar refractivity (Wildman–Crippen MR) is 66.9 cm³/mol. The second kappa shape index (κ2) is 5.61. The number of aromatic nitrogens is 1. The lowest BCUT2D eigenvalue weighted by Gasteiger charge is -2.32. The van der Waals surface area contributed by atoms with Gasteiger partial charge in [-0.3, -0.25) is 4.79 Å². The molecule has 1 heterocycles. The van der Waals surface area contributed by atoms with E-state index >= 15 is 0 Å². The second-order valence-corrected chi connectivity index (χ2v) is 5.02. The Bertz CT molecular complexity index is 363. The third-order valence-electron chi connectivity index (χ3n) is 2.67. The second-order valence-electron chi connectivity index (χ2n) is 4.08. The van der Waals surface area contributed by atoms with Crippen LogP contribution in [0.25, 0.3) is 0 Å². The lowest BCUT2D eigenvalue weighted by Crippen LogP contribution is -2.43. The number of carbonyl (C=O) groups excluding carboxylic acids is 1. The zero-order chi connectivity index (χ0) is 10.8. The molecule has 3 N–H and O–H groups in total. The van der Waals surface area contributed by atoms with Gasteiger partial charge in [-0.1, -0.05) is 6.92 Å². The summed E-state index contributed by atoms with van der Waals surface area (Å²) in [5, 5.41) is 5.54. The molecule has 0 saturated heterocycles. The summed E-state index contributed by atoms with van der Waals surface area (Å²) in [6, 6.07) is 0.343. The van der Waals surface area contributed by atoms with E-state index in [1.54, 1.807) is 5.38 Å². The van der Waals surface area contributed by atoms with Gasteiger partial charge < -0.3 is 11.1 Å². The van der Waals surface area contributed by atoms with Gasteiger partial charge >= 0.3 is 0 Å². The fourth-order valence-electron chi connectivity index (χ4n) is 1.79. The molecule has 0 radical (unpaired) electrons. The van der Waals surface area contributed by atoms with E-state index in [-0.39, 0.29) is 18.3 Å². The summed E-state index contributed by atoms with van der Waals surface area (Å²) in [7, 11) is 0. The standard InChI is InChI=1S/C10H15N3OS.ClH/c1-6-2-7(3-6)12-10(14)8-5-15-9(4-11)13-8;/h5-7H,2-4,11H2,1H3,(H,12,14);1H. The molecule has 1 amide bonds. The van der Waals surface area contributed by atoms with Crippen LogP contribution in [0.15, 0.2) is 5.38 Å². The molecule has 1 fully saturated rings. The Morgan fingerprint density at radius 3 is 2.88 bits per heavy atom. The number of carbonyl (C=O) groups is 1. The van der Waals surface area contributed by atoms with Gasteiger partial charge in [-0.05, 0) is 18.8 Å². The summed E-state index contributed by atoms with van der Waals surface area (Å²) in [6.07, 6.45) is 2.17. The van der Waals surface area contributed by atoms with Crippen LogP contribution in [-0.4, -0.2) is 16.9 Å². The van der Waals surface area contributed by atoms with Crippen LogP contribution >= 0.6 is 23.7 Å². The first-order valence-electron chi connectivity index (χ1n) is 5.14. The first-order chi connectivity index (χ1) is 7.19. The number of hydrogen-bond donors (Lipinski definition) is 2. The predicted octanol–water partition coefficient (Wildman–Crippen LogP) is 1.55. The van der Waals surface area contributed by atoms with Crippen LogP contribution in [0.2, 0.25) is 0 Å². The van der Waals surface area contributed by atoms with Crippen LogP contribution in [0, 0.1) is 5.92 Å². The lowest BCUT2D eigenvalue weighted by atomic mass is 9.82. The lowest BCUT2D eigenvalue weighted by molar-refractivity contribution is 0.0891. The maximum atomic E-state index is 11.7. The van der Waals surface area contributed by atoms with Gasteiger partial charge in [0.1, 0.15) is 10.7 Å². The highest BCUT2D eigenvalue weighted by molar-refractivity contribution is 7.09. The van der Waals surface area contributed by atoms with Crippen molar-refractivity contribution in [2.45, 2.75) is 32.4 Å². The molecule has 90 valence electrons. The molecule has 0 aromatic carbocycles. The molecule has 0 spiro atoms. The quantitative estimate of drug-likeness (QED) is 0.868. The van der Waals surface area contributed by atoms with Crippen LogP contribution in [0.3, 0.4) is 0 Å². The molecule has 4 nitrogen and oxygen atoms in total. The van der Waals surface area contributed by atoms with Crippen molar-refractivity contribution in [2.24, 2.45) is 11.7 Å². The molecule has 0 atom stereocenters. The molecule has 1 aromatic heterocycles. The average molecular weight is 262 g/mol. The van der Waals surface area contributed by atoms with Crippen molar-refractivity contribution in [1.29, 1.82) is 0 Å². The fraction of sp³-hybridized carbons (Fsp3) is 0.600. The zero-order valence-corrected chi connectivity index (χ0v) is 10.7. The summed E-state index contributed by atoms with van der Waals surface area (Å²) < 4.78 is 0. The maximum absolute atomic E-state index is 11.7. The van der Waals surface area contributed by atoms with Crippen LogP contribution < -0.4 is 11.1 Å². The molecular weight excluding hydrogens is 246 g/mol. The summed E-state index contributed by atoms with van der Waals surface area (Å²) in [6.45, 7) is 2.59. The molecule has 1 aromatic rings. The van der Waals surface area contributed by atoms with E-state index in [9.17, 15) is 4.79 Å². The maximum Gasteiger partial charge on any atom is 0.270 e. The number of nitrogens with zero attached hydrogens (tertiary/aromatic N) is 1. The number of nitrogens with two attached hydrogens (primary N) is 1. The molecule has 1 saturated carbocycles. The molecule has 6 heteroatoms. The van der Waals surface area contributed by atoms with E-state index in [1.165, 1.54) is 11.3 Å². The minimum absolute atomic E-state index is 0. The molecule has 0 bridgehead atoms. The Morgan fingerprint density at radius 2 is 2.38 bits per heavy atom. The van der Waals surface area contributed by atoms with Crippen molar-refractivity contribution < 1.29 is 4.79 Å². The Kier molecular flexibility index (Phi) is 4.70. The van der Waals surface area contributed by atoms with Gasteiger partial charge in [0.2, 0.25) is 0 Å². The number of hydrogen-bond acceptors (Lipinski definition) is 4. The monoisotopic (exact) mass is 261 g/mol. The van der Waals surface area contributed by atoms with Gasteiger partial charge in [0, 0.05) is 18.0 Å². The van der Waals surface area contributed by atoms with Crippen molar-refractivity contribution in [2.75, 3.05) is 0 Å². The Labute approximate surface area is 105 Å². The van der Waals surface area contributed by atoms with Crippen molar-refractivity contribution in [3.8, 4) is 0 Å². The number of halogens is 1. The van der Waals surface area contributed by atoms with Gasteiger partial charge in [-0.15, -0.1) is 23.7 Å². The molecule has 2 rings (SSSR count). The van der Waals surface area contributed by atoms with E-state index in [0.29, 0.717) is 18.3 Å². The average Bonchev–Trinajstić information content (AvgIpc) is 2.63. The van der Waals surface area contributed by atoms with Crippen molar-refractivity contribution in [3.05, 3.63) is 16.1 Å². The van der Waals surface area contributed by atoms with Gasteiger partial charge in [-0.2, -0.15) is 0 Å². The highest BCUT2D eigenvalue weighted by Crippen LogP contribution is 2.26. The van der Waals surface area contributed by atoms with E-state index in [0.717, 1.165) is 23.8 Å². The summed E-state index contributed by atoms with van der Waals surface area (Å²) >= 11 is 1.43. The fourth-order valence-corrected chi connectivity index (χ4v) is 2.44. The topological polar surface area (TPSA) is 68.0 Å². The third kappa shape index (κ3) is 2.93. The van der Waals surface area contributed by atoms with Crippen LogP contribution in [-0.2, 0) is 6.54 Å². The van der Waals surface area contributed by atoms with Crippen LogP contribution in [0.5, 0.6) is 0 Å². The van der Waals surface area contributed by atoms with E-state index in [2.05, 4.69) is 17.2 Å². The SMILES string of the molecule is CC1CC(NC(=O)c2csc(CN)n2)C1.Cl. The first-order valence-corrected chi connectivity index (χ1v) is 6.02. The minimum atomic E-state index is -0.0668. The number of thiazole rings is 1. The summed E-state index contributed by atoms with van der Waals surface area (Å²) in [4.78, 5) is 15.8. The van der Waals surface area contributed by atoms with Crippen molar-refractivity contribution >= 4 is 29.7 Å². The molecule has 1 aliphatic rings. The number of rotatable bonds is 3. The summed E-state index contributed by atoms with van der Waals surface area (Å²) in [5.41, 5.74) is 5.94. The smallest absolute Gasteiger partial charge is 0.270 e. The van der Waals surface area contributed by atoms with Crippen molar-refractivity contribution in [1.82, 2.24) is 10.3 Å². The van der Waals surface area contributed by atoms with E-state index in [4.69, 9.17) is 5.73 Å². The molecule has 1 aliphatic carbocycles. The van der Waals surface area contributed by atoms with Gasteiger partial charge in [-0.25, -0.2) is 4.98 Å². The minimum Gasteiger partial charge on any atom is -0.348 e. The molecule has 0 aliphatic heterocycles. The van der Waals surface area contributed by atoms with Gasteiger partial charge in [0.25, 0.3) is 5.91 Å². The number of amides is 1. The van der Waals surface area contributed by atoms with E-state index in [1.807, 2.05) is 0 Å². The third-order valence-corrected chi connectivity index (χ3v) is 3.54. The Morgan fingerprint density at radius 1 is 1.69 bits per heavy atom. The van der Waals surface area contributed by atoms with Crippen molar-refractivity contribution in [3.63, 3.8) is 0 Å². The summed E-state index contributed by atoms with van der Waals surface area (Å²) in [5.74, 6) is 0.674. The Hall–Kier alpha value is -0.650. The van der Waals surface area contributed by atoms with E-state index < -0.39 is 0 Å². The molecular formula is C10H16ClN3OS.